The molecule has 2 saturated heterocycles. The summed E-state index contributed by atoms with van der Waals surface area (Å²) in [5, 5.41) is 3.61. The van der Waals surface area contributed by atoms with Gasteiger partial charge in [0.1, 0.15) is 0 Å². The topological polar surface area (TPSA) is 15.3 Å². The fraction of sp³-hybridized carbons (Fsp3) is 1.00. The molecule has 2 atom stereocenters. The van der Waals surface area contributed by atoms with Crippen molar-refractivity contribution in [2.45, 2.75) is 58.5 Å². The molecule has 0 saturated carbocycles. The first-order chi connectivity index (χ1) is 7.07. The van der Waals surface area contributed by atoms with E-state index in [1.165, 1.54) is 45.3 Å². The molecule has 0 radical (unpaired) electrons. The molecular formula is C13H26N2. The average molecular weight is 210 g/mol. The molecule has 0 amide bonds. The van der Waals surface area contributed by atoms with E-state index in [1.807, 2.05) is 0 Å². The minimum Gasteiger partial charge on any atom is -0.313 e. The molecule has 0 spiro atoms. The normalized spacial score (nSPS) is 33.8. The molecule has 2 rings (SSSR count). The second kappa shape index (κ2) is 4.42. The van der Waals surface area contributed by atoms with Crippen LogP contribution in [0.4, 0.5) is 0 Å². The smallest absolute Gasteiger partial charge is 0.0195 e. The summed E-state index contributed by atoms with van der Waals surface area (Å²) in [7, 11) is 0. The van der Waals surface area contributed by atoms with Gasteiger partial charge in [-0.1, -0.05) is 20.8 Å². The van der Waals surface area contributed by atoms with Crippen molar-refractivity contribution in [3.8, 4) is 0 Å². The zero-order valence-corrected chi connectivity index (χ0v) is 10.6. The van der Waals surface area contributed by atoms with Gasteiger partial charge >= 0.3 is 0 Å². The number of likely N-dealkylation sites (tertiary alicyclic amines) is 1. The number of hydrogen-bond acceptors (Lipinski definition) is 2. The van der Waals surface area contributed by atoms with E-state index in [4.69, 9.17) is 0 Å². The van der Waals surface area contributed by atoms with E-state index in [0.29, 0.717) is 5.41 Å². The maximum Gasteiger partial charge on any atom is 0.0195 e. The van der Waals surface area contributed by atoms with E-state index in [2.05, 4.69) is 31.0 Å². The van der Waals surface area contributed by atoms with Gasteiger partial charge in [0.15, 0.2) is 0 Å². The van der Waals surface area contributed by atoms with Crippen LogP contribution in [0.25, 0.3) is 0 Å². The van der Waals surface area contributed by atoms with Gasteiger partial charge in [0.05, 0.1) is 0 Å². The number of hydrogen-bond donors (Lipinski definition) is 1. The summed E-state index contributed by atoms with van der Waals surface area (Å²) in [5.74, 6) is 0. The molecule has 2 aliphatic rings. The first-order valence-electron chi connectivity index (χ1n) is 6.55. The second-order valence-electron chi connectivity index (χ2n) is 6.31. The highest BCUT2D eigenvalue weighted by Crippen LogP contribution is 2.32. The van der Waals surface area contributed by atoms with Gasteiger partial charge in [-0.15, -0.1) is 0 Å². The van der Waals surface area contributed by atoms with Crippen molar-refractivity contribution >= 4 is 0 Å². The van der Waals surface area contributed by atoms with Gasteiger partial charge in [-0.2, -0.15) is 0 Å². The Morgan fingerprint density at radius 2 is 2.00 bits per heavy atom. The summed E-state index contributed by atoms with van der Waals surface area (Å²) in [6.45, 7) is 11.0. The lowest BCUT2D eigenvalue weighted by molar-refractivity contribution is 0.131. The van der Waals surface area contributed by atoms with Crippen LogP contribution < -0.4 is 5.32 Å². The lowest BCUT2D eigenvalue weighted by Crippen LogP contribution is -2.45. The van der Waals surface area contributed by atoms with Gasteiger partial charge in [0, 0.05) is 18.6 Å². The van der Waals surface area contributed by atoms with Gasteiger partial charge in [0.2, 0.25) is 0 Å². The van der Waals surface area contributed by atoms with Crippen LogP contribution in [0.1, 0.15) is 46.5 Å². The van der Waals surface area contributed by atoms with E-state index < -0.39 is 0 Å². The van der Waals surface area contributed by atoms with Crippen molar-refractivity contribution in [2.24, 2.45) is 5.41 Å². The molecule has 0 aliphatic carbocycles. The summed E-state index contributed by atoms with van der Waals surface area (Å²) >= 11 is 0. The third-order valence-corrected chi connectivity index (χ3v) is 3.98. The highest BCUT2D eigenvalue weighted by molar-refractivity contribution is 4.90. The van der Waals surface area contributed by atoms with Gasteiger partial charge in [0.25, 0.3) is 0 Å². The maximum atomic E-state index is 3.61. The summed E-state index contributed by atoms with van der Waals surface area (Å²) in [4.78, 5) is 2.73. The van der Waals surface area contributed by atoms with Gasteiger partial charge in [-0.25, -0.2) is 0 Å². The van der Waals surface area contributed by atoms with E-state index in [-0.39, 0.29) is 0 Å². The third kappa shape index (κ3) is 2.73. The Morgan fingerprint density at radius 1 is 1.20 bits per heavy atom. The van der Waals surface area contributed by atoms with Crippen molar-refractivity contribution in [3.05, 3.63) is 0 Å². The molecule has 2 heterocycles. The van der Waals surface area contributed by atoms with Crippen molar-refractivity contribution in [2.75, 3.05) is 19.6 Å². The molecule has 2 fully saturated rings. The van der Waals surface area contributed by atoms with Crippen LogP contribution in [-0.2, 0) is 0 Å². The van der Waals surface area contributed by atoms with Crippen LogP contribution in [0.2, 0.25) is 0 Å². The number of nitrogens with zero attached hydrogens (tertiary/aromatic N) is 1. The molecule has 1 N–H and O–H groups in total. The maximum absolute atomic E-state index is 3.61. The molecule has 2 heteroatoms. The lowest BCUT2D eigenvalue weighted by atomic mass is 9.85. The highest BCUT2D eigenvalue weighted by Gasteiger charge is 2.35. The van der Waals surface area contributed by atoms with Crippen LogP contribution in [0, 0.1) is 5.41 Å². The predicted molar refractivity (Wildman–Crippen MR) is 65.1 cm³/mol. The minimum absolute atomic E-state index is 0.453. The first kappa shape index (κ1) is 11.4. The van der Waals surface area contributed by atoms with Crippen molar-refractivity contribution in [1.29, 1.82) is 0 Å². The molecule has 0 bridgehead atoms. The molecule has 2 nitrogen and oxygen atoms in total. The number of nitrogens with one attached hydrogen (secondary N) is 1. The molecule has 88 valence electrons. The Kier molecular flexibility index (Phi) is 3.36. The Labute approximate surface area is 94.4 Å². The van der Waals surface area contributed by atoms with Gasteiger partial charge in [-0.05, 0) is 44.2 Å². The Bertz CT molecular complexity index is 201. The summed E-state index contributed by atoms with van der Waals surface area (Å²) in [5.41, 5.74) is 0.453. The zero-order chi connectivity index (χ0) is 10.9. The molecule has 2 aliphatic heterocycles. The van der Waals surface area contributed by atoms with Crippen LogP contribution in [-0.4, -0.2) is 36.6 Å². The molecule has 15 heavy (non-hydrogen) atoms. The summed E-state index contributed by atoms with van der Waals surface area (Å²) in [6, 6.07) is 1.58. The van der Waals surface area contributed by atoms with Gasteiger partial charge in [-0.3, -0.25) is 4.90 Å². The fourth-order valence-electron chi connectivity index (χ4n) is 3.22. The van der Waals surface area contributed by atoms with E-state index in [0.717, 1.165) is 12.1 Å². The van der Waals surface area contributed by atoms with Crippen LogP contribution in [0.3, 0.4) is 0 Å². The predicted octanol–water partition coefficient (Wildman–Crippen LogP) is 2.25. The Hall–Kier alpha value is -0.0800. The Morgan fingerprint density at radius 3 is 2.60 bits per heavy atom. The SMILES string of the molecule is CC(C)(C)C1CCCN1CC1CCCN1. The zero-order valence-electron chi connectivity index (χ0n) is 10.6. The van der Waals surface area contributed by atoms with Crippen LogP contribution in [0.5, 0.6) is 0 Å². The average Bonchev–Trinajstić information content (AvgIpc) is 2.73. The second-order valence-corrected chi connectivity index (χ2v) is 6.31. The summed E-state index contributed by atoms with van der Waals surface area (Å²) < 4.78 is 0. The molecule has 0 aromatic rings. The standard InChI is InChI=1S/C13H26N2/c1-13(2,3)12-7-5-9-15(12)10-11-6-4-8-14-11/h11-12,14H,4-10H2,1-3H3. The fourth-order valence-corrected chi connectivity index (χ4v) is 3.22. The molecule has 2 unspecified atom stereocenters. The largest absolute Gasteiger partial charge is 0.313 e. The minimum atomic E-state index is 0.453. The summed E-state index contributed by atoms with van der Waals surface area (Å²) in [6.07, 6.45) is 5.55. The molecular weight excluding hydrogens is 184 g/mol. The quantitative estimate of drug-likeness (QED) is 0.752. The van der Waals surface area contributed by atoms with E-state index in [9.17, 15) is 0 Å². The Balaban J connectivity index is 1.90. The van der Waals surface area contributed by atoms with Crippen LogP contribution >= 0.6 is 0 Å². The van der Waals surface area contributed by atoms with Crippen molar-refractivity contribution < 1.29 is 0 Å². The monoisotopic (exact) mass is 210 g/mol. The molecule has 0 aromatic carbocycles. The van der Waals surface area contributed by atoms with E-state index >= 15 is 0 Å². The molecule has 0 aromatic heterocycles. The highest BCUT2D eigenvalue weighted by atomic mass is 15.2. The van der Waals surface area contributed by atoms with Crippen molar-refractivity contribution in [1.82, 2.24) is 10.2 Å². The first-order valence-corrected chi connectivity index (χ1v) is 6.55. The lowest BCUT2D eigenvalue weighted by Gasteiger charge is -2.36. The van der Waals surface area contributed by atoms with E-state index in [1.54, 1.807) is 0 Å². The third-order valence-electron chi connectivity index (χ3n) is 3.98. The van der Waals surface area contributed by atoms with Gasteiger partial charge < -0.3 is 5.32 Å². The number of rotatable bonds is 2. The van der Waals surface area contributed by atoms with Crippen LogP contribution in [0.15, 0.2) is 0 Å². The van der Waals surface area contributed by atoms with Crippen molar-refractivity contribution in [3.63, 3.8) is 0 Å².